The van der Waals surface area contributed by atoms with E-state index in [2.05, 4.69) is 62.4 Å². The summed E-state index contributed by atoms with van der Waals surface area (Å²) in [5.41, 5.74) is 6.85. The highest BCUT2D eigenvalue weighted by Crippen LogP contribution is 2.61. The lowest BCUT2D eigenvalue weighted by Crippen LogP contribution is -2.08. The Kier molecular flexibility index (Phi) is 13.2. The van der Waals surface area contributed by atoms with Gasteiger partial charge in [0.2, 0.25) is 0 Å². The molecule has 1 N–H and O–H groups in total. The molecule has 7 rings (SSSR count). The van der Waals surface area contributed by atoms with Crippen LogP contribution in [0.4, 0.5) is 0 Å². The largest absolute Gasteiger partial charge is 0.584 e. The van der Waals surface area contributed by atoms with Gasteiger partial charge in [0.05, 0.1) is 0 Å². The van der Waals surface area contributed by atoms with Crippen LogP contribution in [-0.2, 0) is 17.4 Å². The molecule has 0 atom stereocenters. The number of aryl methyl sites for hydroxylation is 2. The number of phosphoric acid groups is 1. The van der Waals surface area contributed by atoms with Crippen LogP contribution in [-0.4, -0.2) is 4.89 Å². The maximum absolute atomic E-state index is 14.2. The zero-order valence-corrected chi connectivity index (χ0v) is 33.8. The Hall–Kier alpha value is -2.81. The second-order valence-corrected chi connectivity index (χ2v) is 18.1. The van der Waals surface area contributed by atoms with Crippen LogP contribution in [0, 0.1) is 0 Å². The number of hydrogen-bond donors (Lipinski definition) is 1. The minimum Gasteiger partial charge on any atom is -0.394 e. The molecule has 0 unspecified atom stereocenters. The molecule has 5 heteroatoms. The molecule has 1 aliphatic heterocycles. The lowest BCUT2D eigenvalue weighted by molar-refractivity contribution is 0.289. The third-order valence-corrected chi connectivity index (χ3v) is 13.6. The summed E-state index contributed by atoms with van der Waals surface area (Å²) in [6.07, 6.45) is 29.1. The van der Waals surface area contributed by atoms with Gasteiger partial charge in [-0.05, 0) is 119 Å². The van der Waals surface area contributed by atoms with Crippen molar-refractivity contribution >= 4 is 29.4 Å². The highest BCUT2D eigenvalue weighted by atomic mass is 31.2. The van der Waals surface area contributed by atoms with Gasteiger partial charge in [-0.2, -0.15) is 0 Å². The van der Waals surface area contributed by atoms with Crippen molar-refractivity contribution in [3.63, 3.8) is 0 Å². The van der Waals surface area contributed by atoms with Crippen LogP contribution in [0.15, 0.2) is 48.5 Å². The van der Waals surface area contributed by atoms with Gasteiger partial charge >= 0.3 is 7.82 Å². The van der Waals surface area contributed by atoms with E-state index in [1.807, 2.05) is 0 Å². The lowest BCUT2D eigenvalue weighted by Gasteiger charge is -2.27. The van der Waals surface area contributed by atoms with Crippen LogP contribution in [0.3, 0.4) is 0 Å². The number of rotatable bonds is 16. The van der Waals surface area contributed by atoms with Gasteiger partial charge in [0.15, 0.2) is 0 Å². The molecular formula is C48H65O4P. The molecule has 0 amide bonds. The van der Waals surface area contributed by atoms with Crippen molar-refractivity contribution in [2.75, 3.05) is 0 Å². The van der Waals surface area contributed by atoms with E-state index in [4.69, 9.17) is 9.05 Å². The maximum atomic E-state index is 14.2. The summed E-state index contributed by atoms with van der Waals surface area (Å²) in [5.74, 6) is 1.75. The molecule has 0 saturated heterocycles. The molecular weight excluding hydrogens is 671 g/mol. The van der Waals surface area contributed by atoms with Crippen LogP contribution < -0.4 is 9.05 Å². The third kappa shape index (κ3) is 9.19. The molecule has 2 saturated carbocycles. The van der Waals surface area contributed by atoms with E-state index in [1.54, 1.807) is 0 Å². The molecule has 0 spiro atoms. The van der Waals surface area contributed by atoms with Crippen LogP contribution >= 0.6 is 7.82 Å². The molecule has 3 aliphatic rings. The molecule has 4 nitrogen and oxygen atoms in total. The van der Waals surface area contributed by atoms with Gasteiger partial charge < -0.3 is 9.05 Å². The molecule has 0 bridgehead atoms. The molecule has 2 fully saturated rings. The van der Waals surface area contributed by atoms with Crippen LogP contribution in [0.2, 0.25) is 0 Å². The average molecular weight is 737 g/mol. The standard InChI is InChI=1S/C48H65O4P/c1-3-5-7-9-11-15-21-35-27-29-41-39(31-35)33-43(37-23-17-13-18-24-37)47-45(41)46-42-30-28-36(22-16-12-10-8-6-4-2)32-40(42)34-44(38-25-19-14-20-26-38)48(46)52-53(49,50)51-47/h27-34,37-38H,3-26H2,1-2H3,(H,49,50). The monoisotopic (exact) mass is 736 g/mol. The molecule has 0 aromatic heterocycles. The van der Waals surface area contributed by atoms with Gasteiger partial charge in [-0.3, -0.25) is 4.89 Å². The second-order valence-electron chi connectivity index (χ2n) is 16.8. The fourth-order valence-corrected chi connectivity index (χ4v) is 10.7. The van der Waals surface area contributed by atoms with Gasteiger partial charge in [-0.15, -0.1) is 0 Å². The number of benzene rings is 4. The Morgan fingerprint density at radius 1 is 0.547 bits per heavy atom. The smallest absolute Gasteiger partial charge is 0.394 e. The SMILES string of the molecule is CCCCCCCCc1ccc2c3c(c(C4CCCCC4)cc2c1)OP(=O)(O)Oc1c(C2CCCCC2)cc2cc(CCCCCCCC)ccc2c1-3. The Balaban J connectivity index is 1.39. The normalized spacial score (nSPS) is 17.6. The topological polar surface area (TPSA) is 55.8 Å². The zero-order chi connectivity index (χ0) is 36.6. The average Bonchev–Trinajstić information content (AvgIpc) is 3.30. The van der Waals surface area contributed by atoms with Crippen molar-refractivity contribution < 1.29 is 18.5 Å². The second kappa shape index (κ2) is 18.2. The lowest BCUT2D eigenvalue weighted by atomic mass is 9.78. The number of fused-ring (bicyclic) bond motifs is 7. The highest BCUT2D eigenvalue weighted by molar-refractivity contribution is 7.48. The summed E-state index contributed by atoms with van der Waals surface area (Å²) in [4.78, 5) is 11.6. The maximum Gasteiger partial charge on any atom is 0.584 e. The van der Waals surface area contributed by atoms with Crippen LogP contribution in [0.5, 0.6) is 11.5 Å². The van der Waals surface area contributed by atoms with Crippen LogP contribution in [0.25, 0.3) is 32.7 Å². The molecule has 53 heavy (non-hydrogen) atoms. The predicted molar refractivity (Wildman–Crippen MR) is 224 cm³/mol. The summed E-state index contributed by atoms with van der Waals surface area (Å²) in [5, 5.41) is 4.62. The van der Waals surface area contributed by atoms with E-state index in [0.29, 0.717) is 23.3 Å². The summed E-state index contributed by atoms with van der Waals surface area (Å²) in [7, 11) is -4.48. The van der Waals surface area contributed by atoms with Gasteiger partial charge in [0.25, 0.3) is 0 Å². The van der Waals surface area contributed by atoms with E-state index >= 15 is 0 Å². The van der Waals surface area contributed by atoms with Crippen molar-refractivity contribution in [2.45, 2.75) is 180 Å². The zero-order valence-electron chi connectivity index (χ0n) is 32.9. The molecule has 286 valence electrons. The van der Waals surface area contributed by atoms with Gasteiger partial charge in [0, 0.05) is 11.1 Å². The third-order valence-electron chi connectivity index (χ3n) is 12.8. The first-order chi connectivity index (χ1) is 26.0. The number of unbranched alkanes of at least 4 members (excludes halogenated alkanes) is 10. The van der Waals surface area contributed by atoms with E-state index in [9.17, 15) is 9.46 Å². The predicted octanol–water partition coefficient (Wildman–Crippen LogP) is 15.4. The molecule has 4 aromatic rings. The Bertz CT molecular complexity index is 1750. The summed E-state index contributed by atoms with van der Waals surface area (Å²) in [6.45, 7) is 4.56. The van der Waals surface area contributed by atoms with Gasteiger partial charge in [-0.1, -0.05) is 153 Å². The molecule has 2 aliphatic carbocycles. The quantitative estimate of drug-likeness (QED) is 0.0919. The molecule has 0 radical (unpaired) electrons. The highest BCUT2D eigenvalue weighted by Gasteiger charge is 2.39. The molecule has 4 aromatic carbocycles. The van der Waals surface area contributed by atoms with E-state index in [-0.39, 0.29) is 0 Å². The summed E-state index contributed by atoms with van der Waals surface area (Å²) >= 11 is 0. The van der Waals surface area contributed by atoms with Crippen molar-refractivity contribution in [1.29, 1.82) is 0 Å². The van der Waals surface area contributed by atoms with E-state index < -0.39 is 7.82 Å². The van der Waals surface area contributed by atoms with E-state index in [1.165, 1.54) is 137 Å². The van der Waals surface area contributed by atoms with Crippen molar-refractivity contribution in [2.24, 2.45) is 0 Å². The minimum atomic E-state index is -4.48. The Morgan fingerprint density at radius 2 is 0.943 bits per heavy atom. The van der Waals surface area contributed by atoms with Crippen LogP contribution in [0.1, 0.15) is 189 Å². The minimum absolute atomic E-state index is 0.294. The van der Waals surface area contributed by atoms with E-state index in [0.717, 1.165) is 71.6 Å². The van der Waals surface area contributed by atoms with Crippen molar-refractivity contribution in [3.05, 3.63) is 70.8 Å². The number of hydrogen-bond acceptors (Lipinski definition) is 3. The first-order valence-corrected chi connectivity index (χ1v) is 23.4. The Morgan fingerprint density at radius 3 is 1.36 bits per heavy atom. The van der Waals surface area contributed by atoms with Gasteiger partial charge in [-0.25, -0.2) is 4.57 Å². The fourth-order valence-electron chi connectivity index (χ4n) is 9.82. The molecule has 1 heterocycles. The van der Waals surface area contributed by atoms with Gasteiger partial charge in [0.1, 0.15) is 11.5 Å². The number of phosphoric ester groups is 1. The Labute approximate surface area is 320 Å². The van der Waals surface area contributed by atoms with Crippen molar-refractivity contribution in [1.82, 2.24) is 0 Å². The summed E-state index contributed by atoms with van der Waals surface area (Å²) < 4.78 is 26.9. The first-order valence-electron chi connectivity index (χ1n) is 21.9. The summed E-state index contributed by atoms with van der Waals surface area (Å²) in [6, 6.07) is 18.6. The fraction of sp³-hybridized carbons (Fsp3) is 0.583. The van der Waals surface area contributed by atoms with Crippen molar-refractivity contribution in [3.8, 4) is 22.6 Å². The first kappa shape index (κ1) is 38.5.